The highest BCUT2D eigenvalue weighted by Crippen LogP contribution is 2.46. The van der Waals surface area contributed by atoms with Gasteiger partial charge in [0.05, 0.1) is 0 Å². The van der Waals surface area contributed by atoms with Gasteiger partial charge in [-0.25, -0.2) is 0 Å². The van der Waals surface area contributed by atoms with E-state index < -0.39 is 7.14 Å². The fraction of sp³-hybridized carbons (Fsp3) is 0. The van der Waals surface area contributed by atoms with E-state index in [0.717, 1.165) is 42.6 Å². The van der Waals surface area contributed by atoms with Gasteiger partial charge in [-0.15, -0.1) is 0 Å². The summed E-state index contributed by atoms with van der Waals surface area (Å²) in [6.07, 6.45) is 7.30. The quantitative estimate of drug-likeness (QED) is 0.118. The maximum Gasteiger partial charge on any atom is 0.171 e. The molecule has 0 saturated heterocycles. The van der Waals surface area contributed by atoms with E-state index in [4.69, 9.17) is 0 Å². The average Bonchev–Trinajstić information content (AvgIpc) is 3.44. The first-order chi connectivity index (χ1) is 35.0. The molecule has 2 heterocycles. The van der Waals surface area contributed by atoms with Gasteiger partial charge in [0.2, 0.25) is 0 Å². The summed E-state index contributed by atoms with van der Waals surface area (Å²) in [6.45, 7) is 0. The molecule has 0 amide bonds. The van der Waals surface area contributed by atoms with Crippen LogP contribution in [-0.2, 0) is 4.57 Å². The molecule has 5 heteroatoms. The number of nitrogens with zero attached hydrogens (tertiary/aromatic N) is 2. The third kappa shape index (κ3) is 7.47. The SMILES string of the molecule is Brc1cc(-c2ccncc2)cc(-c2ccc3ccc4cccc5ccc2c3c45)c1.O=P(c1ccccc1)(c1ccccc1)c1cc(-c2ccncc2)cc(-c2ccc3ccc4cccc5ccc2c3c45)c1. The van der Waals surface area contributed by atoms with Crippen molar-refractivity contribution >= 4 is 104 Å². The Morgan fingerprint density at radius 1 is 0.296 bits per heavy atom. The van der Waals surface area contributed by atoms with Crippen LogP contribution in [0.25, 0.3) is 109 Å². The van der Waals surface area contributed by atoms with Crippen molar-refractivity contribution in [1.82, 2.24) is 9.97 Å². The van der Waals surface area contributed by atoms with E-state index >= 15 is 4.57 Å². The molecule has 14 aromatic rings. The molecule has 334 valence electrons. The molecule has 0 spiro atoms. The van der Waals surface area contributed by atoms with Crippen LogP contribution in [-0.4, -0.2) is 9.97 Å². The fourth-order valence-electron chi connectivity index (χ4n) is 10.8. The minimum Gasteiger partial charge on any atom is -0.309 e. The van der Waals surface area contributed by atoms with E-state index in [0.29, 0.717) is 0 Å². The van der Waals surface area contributed by atoms with Crippen molar-refractivity contribution in [2.45, 2.75) is 0 Å². The molecule has 14 rings (SSSR count). The number of benzene rings is 12. The summed E-state index contributed by atoms with van der Waals surface area (Å²) in [5.74, 6) is 0. The third-order valence-corrected chi connectivity index (χ3v) is 17.6. The molecule has 2 aromatic heterocycles. The van der Waals surface area contributed by atoms with E-state index in [2.05, 4.69) is 184 Å². The minimum atomic E-state index is -3.20. The Labute approximate surface area is 419 Å². The van der Waals surface area contributed by atoms with Crippen molar-refractivity contribution in [2.24, 2.45) is 0 Å². The van der Waals surface area contributed by atoms with Crippen LogP contribution < -0.4 is 15.9 Å². The fourth-order valence-corrected chi connectivity index (χ4v) is 14.0. The third-order valence-electron chi connectivity index (χ3n) is 14.1. The summed E-state index contributed by atoms with van der Waals surface area (Å²) < 4.78 is 16.6. The van der Waals surface area contributed by atoms with E-state index in [1.165, 1.54) is 86.9 Å². The van der Waals surface area contributed by atoms with Crippen LogP contribution in [0.5, 0.6) is 0 Å². The topological polar surface area (TPSA) is 42.9 Å². The van der Waals surface area contributed by atoms with E-state index in [1.54, 1.807) is 0 Å². The van der Waals surface area contributed by atoms with Gasteiger partial charge in [0, 0.05) is 45.2 Å². The van der Waals surface area contributed by atoms with E-state index in [-0.39, 0.29) is 0 Å². The van der Waals surface area contributed by atoms with Crippen LogP contribution in [0, 0.1) is 0 Å². The number of hydrogen-bond donors (Lipinski definition) is 0. The number of rotatable bonds is 7. The molecule has 0 bridgehead atoms. The number of pyridine rings is 2. The van der Waals surface area contributed by atoms with Crippen LogP contribution in [0.3, 0.4) is 0 Å². The van der Waals surface area contributed by atoms with Crippen molar-refractivity contribution in [1.29, 1.82) is 0 Å². The largest absolute Gasteiger partial charge is 0.309 e. The molecule has 0 fully saturated rings. The zero-order chi connectivity index (χ0) is 47.5. The molecule has 0 atom stereocenters. The first kappa shape index (κ1) is 42.8. The molecule has 0 aliphatic heterocycles. The number of aromatic nitrogens is 2. The molecular weight excluding hydrogens is 948 g/mol. The lowest BCUT2D eigenvalue weighted by atomic mass is 9.89. The summed E-state index contributed by atoms with van der Waals surface area (Å²) in [6, 6.07) is 80.9. The van der Waals surface area contributed by atoms with Crippen molar-refractivity contribution in [2.75, 3.05) is 0 Å². The Hall–Kier alpha value is -8.27. The number of halogens is 1. The van der Waals surface area contributed by atoms with Gasteiger partial charge in [-0.05, 0) is 170 Å². The molecule has 71 heavy (non-hydrogen) atoms. The van der Waals surface area contributed by atoms with Gasteiger partial charge in [0.25, 0.3) is 0 Å². The lowest BCUT2D eigenvalue weighted by Gasteiger charge is -2.22. The van der Waals surface area contributed by atoms with Gasteiger partial charge < -0.3 is 4.57 Å². The first-order valence-corrected chi connectivity index (χ1v) is 26.3. The summed E-state index contributed by atoms with van der Waals surface area (Å²) >= 11 is 3.72. The van der Waals surface area contributed by atoms with Crippen molar-refractivity contribution in [3.63, 3.8) is 0 Å². The van der Waals surface area contributed by atoms with Gasteiger partial charge in [-0.1, -0.05) is 186 Å². The smallest absolute Gasteiger partial charge is 0.171 e. The Balaban J connectivity index is 0.000000148. The maximum absolute atomic E-state index is 15.5. The molecule has 0 aliphatic carbocycles. The highest BCUT2D eigenvalue weighted by Gasteiger charge is 2.31. The molecule has 0 unspecified atom stereocenters. The maximum atomic E-state index is 15.5. The lowest BCUT2D eigenvalue weighted by Crippen LogP contribution is -2.25. The van der Waals surface area contributed by atoms with Crippen LogP contribution in [0.4, 0.5) is 0 Å². The normalized spacial score (nSPS) is 11.8. The van der Waals surface area contributed by atoms with Crippen molar-refractivity contribution in [3.05, 3.63) is 260 Å². The van der Waals surface area contributed by atoms with Crippen molar-refractivity contribution in [3.8, 4) is 44.5 Å². The summed E-state index contributed by atoms with van der Waals surface area (Å²) in [5.41, 5.74) is 9.05. The van der Waals surface area contributed by atoms with Gasteiger partial charge in [0.15, 0.2) is 7.14 Å². The zero-order valence-corrected chi connectivity index (χ0v) is 40.9. The second kappa shape index (κ2) is 17.6. The standard InChI is InChI=1S/C39H26NOP.C27H16BrN/c41-42(33-10-3-1-4-11-33,34-12-5-2-6-13-34)35-25-31(27-20-22-40-23-21-27)24-32(26-35)36-18-16-30-15-14-28-8-7-9-29-17-19-37(36)39(30)38(28)29;28-23-15-21(17-10-12-29-13-11-17)14-22(16-23)24-8-6-20-5-4-18-2-1-3-19-7-9-25(24)27(20)26(18)19/h1-26H;1-16H. The molecular formula is C66H42BrN2OP. The number of hydrogen-bond acceptors (Lipinski definition) is 3. The van der Waals surface area contributed by atoms with Crippen molar-refractivity contribution < 1.29 is 4.57 Å². The summed E-state index contributed by atoms with van der Waals surface area (Å²) in [4.78, 5) is 8.40. The Morgan fingerprint density at radius 2 is 0.662 bits per heavy atom. The second-order valence-corrected chi connectivity index (χ2v) is 21.9. The summed E-state index contributed by atoms with van der Waals surface area (Å²) in [5, 5.41) is 17.8. The molecule has 0 aliphatic rings. The van der Waals surface area contributed by atoms with Gasteiger partial charge >= 0.3 is 0 Å². The van der Waals surface area contributed by atoms with Gasteiger partial charge in [0.1, 0.15) is 0 Å². The predicted octanol–water partition coefficient (Wildman–Crippen LogP) is 17.0. The Morgan fingerprint density at radius 3 is 1.13 bits per heavy atom. The minimum absolute atomic E-state index is 0.815. The zero-order valence-electron chi connectivity index (χ0n) is 38.4. The second-order valence-electron chi connectivity index (χ2n) is 18.2. The first-order valence-electron chi connectivity index (χ1n) is 23.8. The lowest BCUT2D eigenvalue weighted by molar-refractivity contribution is 0.592. The van der Waals surface area contributed by atoms with Gasteiger partial charge in [-0.2, -0.15) is 0 Å². The van der Waals surface area contributed by atoms with Crippen LogP contribution in [0.15, 0.2) is 260 Å². The monoisotopic (exact) mass is 988 g/mol. The predicted molar refractivity (Wildman–Crippen MR) is 305 cm³/mol. The molecule has 0 saturated carbocycles. The molecule has 0 radical (unpaired) electrons. The average molecular weight is 990 g/mol. The van der Waals surface area contributed by atoms with E-state index in [1.807, 2.05) is 97.6 Å². The summed E-state index contributed by atoms with van der Waals surface area (Å²) in [7, 11) is -3.20. The Kier molecular flexibility index (Phi) is 10.6. The van der Waals surface area contributed by atoms with Crippen LogP contribution in [0.1, 0.15) is 0 Å². The highest BCUT2D eigenvalue weighted by atomic mass is 79.9. The van der Waals surface area contributed by atoms with E-state index in [9.17, 15) is 0 Å². The Bertz CT molecular complexity index is 4240. The molecule has 0 N–H and O–H groups in total. The van der Waals surface area contributed by atoms with Gasteiger partial charge in [-0.3, -0.25) is 9.97 Å². The van der Waals surface area contributed by atoms with Crippen LogP contribution >= 0.6 is 23.1 Å². The highest BCUT2D eigenvalue weighted by molar-refractivity contribution is 9.10. The van der Waals surface area contributed by atoms with Crippen LogP contribution in [0.2, 0.25) is 0 Å². The molecule has 12 aromatic carbocycles. The molecule has 3 nitrogen and oxygen atoms in total.